The lowest BCUT2D eigenvalue weighted by atomic mass is 10.0. The number of hydrogen-bond donors (Lipinski definition) is 1. The summed E-state index contributed by atoms with van der Waals surface area (Å²) in [6, 6.07) is 17.1. The van der Waals surface area contributed by atoms with Gasteiger partial charge in [-0.15, -0.1) is 0 Å². The summed E-state index contributed by atoms with van der Waals surface area (Å²) in [6.07, 6.45) is 0.197. The summed E-state index contributed by atoms with van der Waals surface area (Å²) in [7, 11) is 0. The van der Waals surface area contributed by atoms with Gasteiger partial charge in [0, 0.05) is 12.6 Å². The number of rotatable bonds is 7. The molecule has 0 radical (unpaired) electrons. The Balaban J connectivity index is 1.55. The fourth-order valence-electron chi connectivity index (χ4n) is 3.59. The number of carbonyl (C=O) groups excluding carboxylic acids is 4. The van der Waals surface area contributed by atoms with Crippen molar-refractivity contribution in [3.63, 3.8) is 0 Å². The number of pyridine rings is 1. The minimum Gasteiger partial charge on any atom is -0.451 e. The number of esters is 1. The second kappa shape index (κ2) is 9.84. The number of amides is 3. The van der Waals surface area contributed by atoms with E-state index in [1.807, 2.05) is 6.07 Å². The van der Waals surface area contributed by atoms with E-state index in [1.165, 1.54) is 31.3 Å². The summed E-state index contributed by atoms with van der Waals surface area (Å²) in [4.78, 5) is 56.7. The van der Waals surface area contributed by atoms with Gasteiger partial charge < -0.3 is 10.1 Å². The van der Waals surface area contributed by atoms with Gasteiger partial charge in [-0.1, -0.05) is 54.1 Å². The van der Waals surface area contributed by atoms with Gasteiger partial charge in [-0.2, -0.15) is 0 Å². The first-order chi connectivity index (χ1) is 16.3. The first-order valence-corrected chi connectivity index (χ1v) is 10.9. The van der Waals surface area contributed by atoms with Crippen molar-refractivity contribution in [3.8, 4) is 0 Å². The number of anilines is 1. The van der Waals surface area contributed by atoms with E-state index in [4.69, 9.17) is 16.3 Å². The fourth-order valence-corrected chi connectivity index (χ4v) is 3.70. The average Bonchev–Trinajstić information content (AvgIpc) is 3.09. The smallest absolute Gasteiger partial charge is 0.330 e. The number of ether oxygens (including phenoxy) is 1. The highest BCUT2D eigenvalue weighted by molar-refractivity contribution is 6.30. The number of imide groups is 1. The summed E-state index contributed by atoms with van der Waals surface area (Å²) in [5.74, 6) is -2.42. The minimum absolute atomic E-state index is 0.0399. The number of benzene rings is 2. The Morgan fingerprint density at radius 3 is 2.18 bits per heavy atom. The van der Waals surface area contributed by atoms with E-state index in [9.17, 15) is 19.2 Å². The maximum atomic E-state index is 13.2. The normalized spacial score (nSPS) is 14.4. The van der Waals surface area contributed by atoms with Gasteiger partial charge in [0.05, 0.1) is 16.1 Å². The van der Waals surface area contributed by atoms with Crippen LogP contribution in [0.1, 0.15) is 33.2 Å². The Morgan fingerprint density at radius 2 is 1.59 bits per heavy atom. The van der Waals surface area contributed by atoms with Gasteiger partial charge in [-0.3, -0.25) is 19.3 Å². The SMILES string of the molecule is C[C@@H](OC(=O)[C@H](Cc1ccccc1)N1C(=O)c2ccccc2C1=O)C(=O)Nc1ccc(Cl)cn1. The lowest BCUT2D eigenvalue weighted by Crippen LogP contribution is -2.48. The molecule has 0 saturated heterocycles. The van der Waals surface area contributed by atoms with Crippen LogP contribution in [0.15, 0.2) is 72.9 Å². The van der Waals surface area contributed by atoms with Crippen molar-refractivity contribution < 1.29 is 23.9 Å². The molecule has 9 heteroatoms. The van der Waals surface area contributed by atoms with Gasteiger partial charge in [-0.05, 0) is 36.8 Å². The number of nitrogens with zero attached hydrogens (tertiary/aromatic N) is 2. The van der Waals surface area contributed by atoms with Crippen LogP contribution in [0.5, 0.6) is 0 Å². The van der Waals surface area contributed by atoms with E-state index in [1.54, 1.807) is 42.5 Å². The van der Waals surface area contributed by atoms with Gasteiger partial charge in [0.2, 0.25) is 0 Å². The van der Waals surface area contributed by atoms with Crippen molar-refractivity contribution >= 4 is 41.1 Å². The van der Waals surface area contributed by atoms with Crippen molar-refractivity contribution in [2.75, 3.05) is 5.32 Å². The summed E-state index contributed by atoms with van der Waals surface area (Å²) >= 11 is 5.80. The average molecular weight is 478 g/mol. The molecule has 0 saturated carbocycles. The van der Waals surface area contributed by atoms with Crippen molar-refractivity contribution in [2.24, 2.45) is 0 Å². The van der Waals surface area contributed by atoms with Crippen LogP contribution in [0.25, 0.3) is 0 Å². The van der Waals surface area contributed by atoms with E-state index in [2.05, 4.69) is 10.3 Å². The predicted octanol–water partition coefficient (Wildman–Crippen LogP) is 3.51. The van der Waals surface area contributed by atoms with Crippen LogP contribution in [-0.2, 0) is 20.7 Å². The molecule has 0 bridgehead atoms. The molecule has 0 spiro atoms. The van der Waals surface area contributed by atoms with Gasteiger partial charge in [-0.25, -0.2) is 9.78 Å². The van der Waals surface area contributed by atoms with Gasteiger partial charge in [0.1, 0.15) is 11.9 Å². The van der Waals surface area contributed by atoms with E-state index in [0.717, 1.165) is 10.5 Å². The Morgan fingerprint density at radius 1 is 0.971 bits per heavy atom. The standard InChI is InChI=1S/C25H20ClN3O5/c1-15(22(30)28-21-12-11-17(26)14-27-21)34-25(33)20(13-16-7-3-2-4-8-16)29-23(31)18-9-5-6-10-19(18)24(29)32/h2-12,14-15,20H,13H2,1H3,(H,27,28,30)/t15-,20+/m1/s1. The van der Waals surface area contributed by atoms with Crippen LogP contribution in [0.4, 0.5) is 5.82 Å². The Labute approximate surface area is 200 Å². The van der Waals surface area contributed by atoms with Crippen molar-refractivity contribution in [1.82, 2.24) is 9.88 Å². The predicted molar refractivity (Wildman–Crippen MR) is 124 cm³/mol. The van der Waals surface area contributed by atoms with E-state index in [-0.39, 0.29) is 23.4 Å². The van der Waals surface area contributed by atoms with Gasteiger partial charge >= 0.3 is 5.97 Å². The number of halogens is 1. The fraction of sp³-hybridized carbons (Fsp3) is 0.160. The molecule has 0 fully saturated rings. The number of hydrogen-bond acceptors (Lipinski definition) is 6. The number of aromatic nitrogens is 1. The lowest BCUT2D eigenvalue weighted by Gasteiger charge is -2.26. The first kappa shape index (κ1) is 23.1. The van der Waals surface area contributed by atoms with E-state index < -0.39 is 35.8 Å². The van der Waals surface area contributed by atoms with Crippen LogP contribution in [0.2, 0.25) is 5.02 Å². The van der Waals surface area contributed by atoms with Crippen molar-refractivity contribution in [1.29, 1.82) is 0 Å². The van der Waals surface area contributed by atoms with Crippen LogP contribution < -0.4 is 5.32 Å². The largest absolute Gasteiger partial charge is 0.451 e. The number of fused-ring (bicyclic) bond motifs is 1. The molecule has 3 amide bonds. The lowest BCUT2D eigenvalue weighted by molar-refractivity contribution is -0.157. The second-order valence-corrected chi connectivity index (χ2v) is 8.10. The molecule has 1 aliphatic heterocycles. The maximum absolute atomic E-state index is 13.2. The van der Waals surface area contributed by atoms with Gasteiger partial charge in [0.25, 0.3) is 17.7 Å². The highest BCUT2D eigenvalue weighted by atomic mass is 35.5. The van der Waals surface area contributed by atoms with E-state index >= 15 is 0 Å². The Kier molecular flexibility index (Phi) is 6.70. The molecule has 1 aliphatic rings. The quantitative estimate of drug-likeness (QED) is 0.412. The minimum atomic E-state index is -1.25. The van der Waals surface area contributed by atoms with Crippen LogP contribution in [0.3, 0.4) is 0 Å². The molecule has 172 valence electrons. The molecule has 0 aliphatic carbocycles. The summed E-state index contributed by atoms with van der Waals surface area (Å²) in [6.45, 7) is 1.39. The maximum Gasteiger partial charge on any atom is 0.330 e. The third-order valence-corrected chi connectivity index (χ3v) is 5.55. The first-order valence-electron chi connectivity index (χ1n) is 10.5. The Hall–Kier alpha value is -4.04. The molecule has 1 N–H and O–H groups in total. The zero-order valence-electron chi connectivity index (χ0n) is 18.1. The second-order valence-electron chi connectivity index (χ2n) is 7.66. The topological polar surface area (TPSA) is 106 Å². The van der Waals surface area contributed by atoms with Crippen molar-refractivity contribution in [2.45, 2.75) is 25.5 Å². The Bertz CT molecular complexity index is 1210. The summed E-state index contributed by atoms with van der Waals surface area (Å²) < 4.78 is 5.40. The number of nitrogens with one attached hydrogen (secondary N) is 1. The molecular weight excluding hydrogens is 458 g/mol. The highest BCUT2D eigenvalue weighted by Gasteiger charge is 2.44. The zero-order chi connectivity index (χ0) is 24.2. The number of carbonyl (C=O) groups is 4. The van der Waals surface area contributed by atoms with Crippen LogP contribution in [-0.4, -0.2) is 45.7 Å². The molecule has 0 unspecified atom stereocenters. The van der Waals surface area contributed by atoms with Gasteiger partial charge in [0.15, 0.2) is 6.10 Å². The molecule has 2 atom stereocenters. The molecule has 3 aromatic rings. The van der Waals surface area contributed by atoms with Crippen molar-refractivity contribution in [3.05, 3.63) is 94.6 Å². The highest BCUT2D eigenvalue weighted by Crippen LogP contribution is 2.26. The van der Waals surface area contributed by atoms with E-state index in [0.29, 0.717) is 5.02 Å². The van der Waals surface area contributed by atoms with Crippen LogP contribution in [0, 0.1) is 0 Å². The molecular formula is C25H20ClN3O5. The van der Waals surface area contributed by atoms with Crippen LogP contribution >= 0.6 is 11.6 Å². The molecule has 34 heavy (non-hydrogen) atoms. The molecule has 1 aromatic heterocycles. The molecule has 2 heterocycles. The molecule has 2 aromatic carbocycles. The third kappa shape index (κ3) is 4.82. The molecule has 8 nitrogen and oxygen atoms in total. The summed E-state index contributed by atoms with van der Waals surface area (Å²) in [5, 5.41) is 2.94. The zero-order valence-corrected chi connectivity index (χ0v) is 18.9. The third-order valence-electron chi connectivity index (χ3n) is 5.32. The monoisotopic (exact) mass is 477 g/mol. The molecule has 4 rings (SSSR count). The summed E-state index contributed by atoms with van der Waals surface area (Å²) in [5.41, 5.74) is 1.17.